The van der Waals surface area contributed by atoms with Gasteiger partial charge in [0.25, 0.3) is 0 Å². The van der Waals surface area contributed by atoms with Crippen LogP contribution in [0.15, 0.2) is 30.4 Å². The Morgan fingerprint density at radius 2 is 2.19 bits per heavy atom. The number of halogens is 1. The van der Waals surface area contributed by atoms with E-state index in [0.29, 0.717) is 12.1 Å². The van der Waals surface area contributed by atoms with Crippen LogP contribution < -0.4 is 10.6 Å². The molecule has 16 heavy (non-hydrogen) atoms. The molecule has 2 N–H and O–H groups in total. The topological polar surface area (TPSA) is 29.3 Å². The summed E-state index contributed by atoms with van der Waals surface area (Å²) in [5.41, 5.74) is 8.22. The van der Waals surface area contributed by atoms with E-state index in [0.717, 1.165) is 11.3 Å². The van der Waals surface area contributed by atoms with Crippen molar-refractivity contribution in [2.75, 3.05) is 18.5 Å². The van der Waals surface area contributed by atoms with Crippen LogP contribution in [0, 0.1) is 5.82 Å². The minimum absolute atomic E-state index is 0.249. The fourth-order valence-electron chi connectivity index (χ4n) is 1.80. The molecule has 0 aliphatic rings. The molecule has 0 unspecified atom stereocenters. The van der Waals surface area contributed by atoms with Crippen LogP contribution in [0.2, 0.25) is 0 Å². The van der Waals surface area contributed by atoms with Gasteiger partial charge in [0.05, 0.1) is 0 Å². The fourth-order valence-corrected chi connectivity index (χ4v) is 1.80. The lowest BCUT2D eigenvalue weighted by Gasteiger charge is -2.24. The van der Waals surface area contributed by atoms with Gasteiger partial charge >= 0.3 is 0 Å². The van der Waals surface area contributed by atoms with E-state index in [1.807, 2.05) is 24.9 Å². The molecule has 0 fully saturated rings. The Hall–Kier alpha value is -1.35. The van der Waals surface area contributed by atoms with E-state index in [1.165, 1.54) is 6.07 Å². The molecule has 0 radical (unpaired) electrons. The lowest BCUT2D eigenvalue weighted by Crippen LogP contribution is -2.23. The fraction of sp³-hybridized carbons (Fsp3) is 0.385. The first-order valence-electron chi connectivity index (χ1n) is 5.33. The van der Waals surface area contributed by atoms with Crippen LogP contribution in [0.4, 0.5) is 10.1 Å². The number of rotatable bonds is 4. The third kappa shape index (κ3) is 2.83. The first kappa shape index (κ1) is 12.7. The summed E-state index contributed by atoms with van der Waals surface area (Å²) in [4.78, 5) is 1.96. The van der Waals surface area contributed by atoms with Crippen molar-refractivity contribution < 1.29 is 4.39 Å². The molecule has 1 atom stereocenters. The smallest absolute Gasteiger partial charge is 0.130 e. The van der Waals surface area contributed by atoms with Crippen LogP contribution in [-0.2, 0) is 0 Å². The summed E-state index contributed by atoms with van der Waals surface area (Å²) in [6, 6.07) is 4.70. The van der Waals surface area contributed by atoms with Crippen molar-refractivity contribution >= 4 is 5.69 Å². The molecule has 1 aromatic rings. The molecule has 0 bridgehead atoms. The maximum absolute atomic E-state index is 13.7. The molecule has 0 heterocycles. The van der Waals surface area contributed by atoms with Crippen molar-refractivity contribution in [1.82, 2.24) is 0 Å². The van der Waals surface area contributed by atoms with Crippen LogP contribution in [-0.4, -0.2) is 13.6 Å². The Morgan fingerprint density at radius 1 is 1.56 bits per heavy atom. The van der Waals surface area contributed by atoms with Crippen molar-refractivity contribution in [3.05, 3.63) is 41.7 Å². The number of hydrogen-bond acceptors (Lipinski definition) is 2. The Morgan fingerprint density at radius 3 is 2.69 bits per heavy atom. The van der Waals surface area contributed by atoms with Gasteiger partial charge < -0.3 is 10.6 Å². The van der Waals surface area contributed by atoms with Crippen molar-refractivity contribution in [1.29, 1.82) is 0 Å². The van der Waals surface area contributed by atoms with Gasteiger partial charge in [-0.25, -0.2) is 4.39 Å². The Balaban J connectivity index is 3.12. The molecule has 2 nitrogen and oxygen atoms in total. The highest BCUT2D eigenvalue weighted by molar-refractivity contribution is 5.55. The van der Waals surface area contributed by atoms with Crippen LogP contribution in [0.5, 0.6) is 0 Å². The van der Waals surface area contributed by atoms with Gasteiger partial charge in [0, 0.05) is 30.9 Å². The standard InChI is InChI=1S/C13H19FN2/c1-9(2)8-16(4)12-7-5-6-11(14)13(12)10(3)15/h5-7,10H,1,8,15H2,2-4H3/t10-/m0/s1. The number of hydrogen-bond donors (Lipinski definition) is 1. The third-order valence-corrected chi connectivity index (χ3v) is 2.40. The summed E-state index contributed by atoms with van der Waals surface area (Å²) in [6.45, 7) is 8.28. The summed E-state index contributed by atoms with van der Waals surface area (Å²) in [5.74, 6) is -0.249. The van der Waals surface area contributed by atoms with E-state index in [9.17, 15) is 4.39 Å². The number of nitrogens with zero attached hydrogens (tertiary/aromatic N) is 1. The van der Waals surface area contributed by atoms with Gasteiger partial charge in [0.1, 0.15) is 5.82 Å². The molecule has 0 aromatic heterocycles. The minimum Gasteiger partial charge on any atom is -0.370 e. The SMILES string of the molecule is C=C(C)CN(C)c1cccc(F)c1[C@H](C)N. The van der Waals surface area contributed by atoms with Crippen LogP contribution in [0.3, 0.4) is 0 Å². The molecule has 1 rings (SSSR count). The van der Waals surface area contributed by atoms with Gasteiger partial charge in [-0.05, 0) is 26.0 Å². The maximum atomic E-state index is 13.7. The molecule has 0 saturated carbocycles. The summed E-state index contributed by atoms with van der Waals surface area (Å²) in [5, 5.41) is 0. The predicted octanol–water partition coefficient (Wildman–Crippen LogP) is 2.86. The van der Waals surface area contributed by atoms with Gasteiger partial charge in [-0.15, -0.1) is 0 Å². The molecule has 0 aliphatic heterocycles. The maximum Gasteiger partial charge on any atom is 0.130 e. The molecule has 0 aliphatic carbocycles. The van der Waals surface area contributed by atoms with Crippen LogP contribution in [0.1, 0.15) is 25.5 Å². The molecule has 88 valence electrons. The predicted molar refractivity (Wildman–Crippen MR) is 67.1 cm³/mol. The van der Waals surface area contributed by atoms with Crippen molar-refractivity contribution in [3.63, 3.8) is 0 Å². The van der Waals surface area contributed by atoms with Crippen LogP contribution in [0.25, 0.3) is 0 Å². The highest BCUT2D eigenvalue weighted by Gasteiger charge is 2.15. The van der Waals surface area contributed by atoms with Gasteiger partial charge in [0.15, 0.2) is 0 Å². The van der Waals surface area contributed by atoms with Gasteiger partial charge in [-0.3, -0.25) is 0 Å². The highest BCUT2D eigenvalue weighted by atomic mass is 19.1. The van der Waals surface area contributed by atoms with E-state index in [1.54, 1.807) is 13.0 Å². The monoisotopic (exact) mass is 222 g/mol. The number of nitrogens with two attached hydrogens (primary N) is 1. The molecular weight excluding hydrogens is 203 g/mol. The number of anilines is 1. The molecular formula is C13H19FN2. The number of benzene rings is 1. The zero-order chi connectivity index (χ0) is 12.3. The van der Waals surface area contributed by atoms with E-state index in [-0.39, 0.29) is 11.9 Å². The Labute approximate surface area is 96.6 Å². The molecule has 1 aromatic carbocycles. The number of likely N-dealkylation sites (N-methyl/N-ethyl adjacent to an activating group) is 1. The minimum atomic E-state index is -0.316. The second kappa shape index (κ2) is 5.12. The van der Waals surface area contributed by atoms with E-state index >= 15 is 0 Å². The second-order valence-corrected chi connectivity index (χ2v) is 4.27. The zero-order valence-electron chi connectivity index (χ0n) is 10.1. The quantitative estimate of drug-likeness (QED) is 0.794. The first-order valence-corrected chi connectivity index (χ1v) is 5.33. The summed E-state index contributed by atoms with van der Waals surface area (Å²) in [7, 11) is 1.91. The Bertz CT molecular complexity index is 386. The average Bonchev–Trinajstić information content (AvgIpc) is 2.15. The molecule has 0 amide bonds. The van der Waals surface area contributed by atoms with Gasteiger partial charge in [0.2, 0.25) is 0 Å². The van der Waals surface area contributed by atoms with Crippen molar-refractivity contribution in [2.45, 2.75) is 19.9 Å². The summed E-state index contributed by atoms with van der Waals surface area (Å²) in [6.07, 6.45) is 0. The van der Waals surface area contributed by atoms with Gasteiger partial charge in [-0.1, -0.05) is 18.2 Å². The normalized spacial score (nSPS) is 12.3. The summed E-state index contributed by atoms with van der Waals surface area (Å²) < 4.78 is 13.7. The third-order valence-electron chi connectivity index (χ3n) is 2.40. The van der Waals surface area contributed by atoms with E-state index in [2.05, 4.69) is 6.58 Å². The lowest BCUT2D eigenvalue weighted by atomic mass is 10.0. The van der Waals surface area contributed by atoms with Crippen molar-refractivity contribution in [2.24, 2.45) is 5.73 Å². The lowest BCUT2D eigenvalue weighted by molar-refractivity contribution is 0.593. The largest absolute Gasteiger partial charge is 0.370 e. The summed E-state index contributed by atoms with van der Waals surface area (Å²) >= 11 is 0. The molecule has 0 saturated heterocycles. The van der Waals surface area contributed by atoms with Crippen LogP contribution >= 0.6 is 0 Å². The zero-order valence-corrected chi connectivity index (χ0v) is 10.1. The van der Waals surface area contributed by atoms with E-state index in [4.69, 9.17) is 5.73 Å². The highest BCUT2D eigenvalue weighted by Crippen LogP contribution is 2.27. The molecule has 3 heteroatoms. The Kier molecular flexibility index (Phi) is 4.07. The van der Waals surface area contributed by atoms with Crippen molar-refractivity contribution in [3.8, 4) is 0 Å². The average molecular weight is 222 g/mol. The molecule has 0 spiro atoms. The van der Waals surface area contributed by atoms with E-state index < -0.39 is 0 Å². The first-order chi connectivity index (χ1) is 7.43. The second-order valence-electron chi connectivity index (χ2n) is 4.27. The van der Waals surface area contributed by atoms with Gasteiger partial charge in [-0.2, -0.15) is 0 Å².